The van der Waals surface area contributed by atoms with E-state index in [-0.39, 0.29) is 4.90 Å². The van der Waals surface area contributed by atoms with Gasteiger partial charge in [0.25, 0.3) is 0 Å². The van der Waals surface area contributed by atoms with Crippen LogP contribution >= 0.6 is 11.8 Å². The first kappa shape index (κ1) is 12.2. The molecular formula is C12H11NO2S2. The molecule has 2 rings (SSSR count). The number of rotatable bonds is 3. The standard InChI is InChI=1S/C12H11NO2S2/c13-17(14,15)12-8-4-7-11(9-12)16-10-5-2-1-3-6-10/h1-9H,(H2,13,14,15). The van der Waals surface area contributed by atoms with Crippen LogP contribution in [0.1, 0.15) is 0 Å². The molecule has 0 heterocycles. The Morgan fingerprint density at radius 1 is 0.882 bits per heavy atom. The minimum Gasteiger partial charge on any atom is -0.225 e. The van der Waals surface area contributed by atoms with Crippen LogP contribution in [0.2, 0.25) is 0 Å². The van der Waals surface area contributed by atoms with Gasteiger partial charge in [-0.2, -0.15) is 0 Å². The summed E-state index contributed by atoms with van der Waals surface area (Å²) < 4.78 is 22.4. The molecule has 0 saturated heterocycles. The highest BCUT2D eigenvalue weighted by atomic mass is 32.2. The van der Waals surface area contributed by atoms with Crippen molar-refractivity contribution in [2.24, 2.45) is 5.14 Å². The average molecular weight is 265 g/mol. The number of nitrogens with two attached hydrogens (primary N) is 1. The lowest BCUT2D eigenvalue weighted by molar-refractivity contribution is 0.597. The molecule has 0 aliphatic heterocycles. The zero-order valence-electron chi connectivity index (χ0n) is 8.91. The van der Waals surface area contributed by atoms with E-state index in [1.165, 1.54) is 17.8 Å². The Bertz CT molecular complexity index is 609. The van der Waals surface area contributed by atoms with Gasteiger partial charge in [-0.1, -0.05) is 36.0 Å². The molecule has 3 nitrogen and oxygen atoms in total. The Hall–Kier alpha value is -1.30. The van der Waals surface area contributed by atoms with E-state index in [1.807, 2.05) is 36.4 Å². The summed E-state index contributed by atoms with van der Waals surface area (Å²) in [5.74, 6) is 0. The summed E-state index contributed by atoms with van der Waals surface area (Å²) in [6.45, 7) is 0. The zero-order chi connectivity index (χ0) is 12.3. The number of hydrogen-bond donors (Lipinski definition) is 1. The number of sulfonamides is 1. The summed E-state index contributed by atoms with van der Waals surface area (Å²) in [4.78, 5) is 2.04. The van der Waals surface area contributed by atoms with Crippen molar-refractivity contribution in [3.63, 3.8) is 0 Å². The molecule has 0 unspecified atom stereocenters. The molecule has 0 amide bonds. The molecule has 0 bridgehead atoms. The lowest BCUT2D eigenvalue weighted by Gasteiger charge is -2.03. The molecule has 0 spiro atoms. The van der Waals surface area contributed by atoms with Gasteiger partial charge in [0.05, 0.1) is 4.90 Å². The monoisotopic (exact) mass is 265 g/mol. The van der Waals surface area contributed by atoms with E-state index in [1.54, 1.807) is 12.1 Å². The molecule has 17 heavy (non-hydrogen) atoms. The van der Waals surface area contributed by atoms with Gasteiger partial charge < -0.3 is 0 Å². The molecule has 2 aromatic rings. The van der Waals surface area contributed by atoms with Crippen LogP contribution in [0.5, 0.6) is 0 Å². The Morgan fingerprint density at radius 2 is 1.53 bits per heavy atom. The molecule has 0 aliphatic rings. The molecule has 0 atom stereocenters. The molecular weight excluding hydrogens is 254 g/mol. The Labute approximate surface area is 105 Å². The van der Waals surface area contributed by atoms with Crippen LogP contribution in [0, 0.1) is 0 Å². The molecule has 2 aromatic carbocycles. The van der Waals surface area contributed by atoms with Gasteiger partial charge in [-0.05, 0) is 30.3 Å². The number of benzene rings is 2. The molecule has 88 valence electrons. The predicted octanol–water partition coefficient (Wildman–Crippen LogP) is 2.49. The van der Waals surface area contributed by atoms with Crippen LogP contribution in [0.15, 0.2) is 69.3 Å². The van der Waals surface area contributed by atoms with E-state index in [0.717, 1.165) is 9.79 Å². The second-order valence-electron chi connectivity index (χ2n) is 3.43. The Balaban J connectivity index is 2.29. The fourth-order valence-corrected chi connectivity index (χ4v) is 2.87. The van der Waals surface area contributed by atoms with Gasteiger partial charge >= 0.3 is 0 Å². The van der Waals surface area contributed by atoms with Crippen molar-refractivity contribution in [3.8, 4) is 0 Å². The summed E-state index contributed by atoms with van der Waals surface area (Å²) in [5.41, 5.74) is 0. The summed E-state index contributed by atoms with van der Waals surface area (Å²) in [6, 6.07) is 16.3. The molecule has 2 N–H and O–H groups in total. The number of primary sulfonamides is 1. The van der Waals surface area contributed by atoms with Crippen LogP contribution in [-0.2, 0) is 10.0 Å². The minimum atomic E-state index is -3.63. The van der Waals surface area contributed by atoms with Crippen molar-refractivity contribution in [2.45, 2.75) is 14.7 Å². The summed E-state index contributed by atoms with van der Waals surface area (Å²) in [5, 5.41) is 5.08. The first-order valence-electron chi connectivity index (χ1n) is 4.91. The van der Waals surface area contributed by atoms with Crippen LogP contribution < -0.4 is 5.14 Å². The second kappa shape index (κ2) is 4.91. The third-order valence-corrected chi connectivity index (χ3v) is 4.02. The van der Waals surface area contributed by atoms with Gasteiger partial charge in [0.2, 0.25) is 10.0 Å². The SMILES string of the molecule is NS(=O)(=O)c1cccc(Sc2ccccc2)c1. The van der Waals surface area contributed by atoms with Crippen LogP contribution in [0.25, 0.3) is 0 Å². The highest BCUT2D eigenvalue weighted by molar-refractivity contribution is 7.99. The van der Waals surface area contributed by atoms with Gasteiger partial charge in [-0.15, -0.1) is 0 Å². The topological polar surface area (TPSA) is 60.2 Å². The smallest absolute Gasteiger partial charge is 0.225 e. The van der Waals surface area contributed by atoms with E-state index in [9.17, 15) is 8.42 Å². The van der Waals surface area contributed by atoms with Crippen molar-refractivity contribution in [1.82, 2.24) is 0 Å². The first-order chi connectivity index (χ1) is 8.05. The highest BCUT2D eigenvalue weighted by Crippen LogP contribution is 2.28. The first-order valence-corrected chi connectivity index (χ1v) is 7.28. The summed E-state index contributed by atoms with van der Waals surface area (Å²) >= 11 is 1.50. The van der Waals surface area contributed by atoms with Gasteiger partial charge in [0.1, 0.15) is 0 Å². The zero-order valence-corrected chi connectivity index (χ0v) is 10.5. The van der Waals surface area contributed by atoms with Crippen molar-refractivity contribution in [1.29, 1.82) is 0 Å². The van der Waals surface area contributed by atoms with Gasteiger partial charge in [0, 0.05) is 9.79 Å². The predicted molar refractivity (Wildman–Crippen MR) is 68.4 cm³/mol. The molecule has 0 aromatic heterocycles. The maximum atomic E-state index is 11.2. The number of hydrogen-bond acceptors (Lipinski definition) is 3. The summed E-state index contributed by atoms with van der Waals surface area (Å²) in [6.07, 6.45) is 0. The lowest BCUT2D eigenvalue weighted by Crippen LogP contribution is -2.11. The van der Waals surface area contributed by atoms with Crippen molar-refractivity contribution < 1.29 is 8.42 Å². The highest BCUT2D eigenvalue weighted by Gasteiger charge is 2.08. The van der Waals surface area contributed by atoms with E-state index < -0.39 is 10.0 Å². The summed E-state index contributed by atoms with van der Waals surface area (Å²) in [7, 11) is -3.63. The fraction of sp³-hybridized carbons (Fsp3) is 0. The largest absolute Gasteiger partial charge is 0.238 e. The van der Waals surface area contributed by atoms with Gasteiger partial charge in [0.15, 0.2) is 0 Å². The normalized spacial score (nSPS) is 11.4. The third-order valence-electron chi connectivity index (χ3n) is 2.11. The molecule has 0 fully saturated rings. The maximum absolute atomic E-state index is 11.2. The van der Waals surface area contributed by atoms with E-state index in [4.69, 9.17) is 5.14 Å². The second-order valence-corrected chi connectivity index (χ2v) is 6.14. The molecule has 0 radical (unpaired) electrons. The quantitative estimate of drug-likeness (QED) is 0.927. The lowest BCUT2D eigenvalue weighted by atomic mass is 10.4. The third kappa shape index (κ3) is 3.33. The van der Waals surface area contributed by atoms with Crippen LogP contribution in [0.4, 0.5) is 0 Å². The maximum Gasteiger partial charge on any atom is 0.238 e. The van der Waals surface area contributed by atoms with E-state index in [2.05, 4.69) is 0 Å². The van der Waals surface area contributed by atoms with Crippen molar-refractivity contribution >= 4 is 21.8 Å². The van der Waals surface area contributed by atoms with Crippen LogP contribution in [-0.4, -0.2) is 8.42 Å². The van der Waals surface area contributed by atoms with Gasteiger partial charge in [-0.3, -0.25) is 0 Å². The van der Waals surface area contributed by atoms with E-state index >= 15 is 0 Å². The van der Waals surface area contributed by atoms with Crippen LogP contribution in [0.3, 0.4) is 0 Å². The fourth-order valence-electron chi connectivity index (χ4n) is 1.34. The van der Waals surface area contributed by atoms with Crippen molar-refractivity contribution in [2.75, 3.05) is 0 Å². The molecule has 0 saturated carbocycles. The molecule has 5 heteroatoms. The Kier molecular flexibility index (Phi) is 3.51. The van der Waals surface area contributed by atoms with Gasteiger partial charge in [-0.25, -0.2) is 13.6 Å². The van der Waals surface area contributed by atoms with Crippen molar-refractivity contribution in [3.05, 3.63) is 54.6 Å². The minimum absolute atomic E-state index is 0.137. The Morgan fingerprint density at radius 3 is 2.18 bits per heavy atom. The molecule has 0 aliphatic carbocycles. The average Bonchev–Trinajstić information content (AvgIpc) is 2.29. The van der Waals surface area contributed by atoms with E-state index in [0.29, 0.717) is 0 Å².